The maximum Gasteiger partial charge on any atom is 0.0379 e. The van der Waals surface area contributed by atoms with E-state index >= 15 is 0 Å². The molecule has 0 heterocycles. The molecule has 0 unspecified atom stereocenters. The normalized spacial score (nSPS) is 8.31. The van der Waals surface area contributed by atoms with Gasteiger partial charge in [0.25, 0.3) is 0 Å². The van der Waals surface area contributed by atoms with E-state index in [1.165, 1.54) is 0 Å². The van der Waals surface area contributed by atoms with E-state index in [-0.39, 0.29) is 44.0 Å². The van der Waals surface area contributed by atoms with E-state index in [1.807, 2.05) is 0 Å². The number of hydrogen-bond acceptors (Lipinski definition) is 0. The maximum absolute atomic E-state index is 2.27. The zero-order valence-electron chi connectivity index (χ0n) is 11.0. The van der Waals surface area contributed by atoms with Crippen LogP contribution in [0.15, 0.2) is 0 Å². The fraction of sp³-hybridized carbons (Fsp3) is 1.00. The molecule has 0 fully saturated rings. The van der Waals surface area contributed by atoms with Crippen LogP contribution in [0, 0.1) is 0 Å². The molecule has 0 aliphatic rings. The summed E-state index contributed by atoms with van der Waals surface area (Å²) in [7, 11) is 0.361. The van der Waals surface area contributed by atoms with Crippen molar-refractivity contribution in [2.45, 2.75) is 58.9 Å². The molecule has 0 rings (SSSR count). The van der Waals surface area contributed by atoms with Crippen LogP contribution < -0.4 is 0 Å². The van der Waals surface area contributed by atoms with Gasteiger partial charge in [-0.25, -0.2) is 0 Å². The minimum Gasteiger partial charge on any atom is -0.0715 e. The van der Waals surface area contributed by atoms with Crippen molar-refractivity contribution in [2.24, 2.45) is 0 Å². The largest absolute Gasteiger partial charge is 0.0715 e. The molecule has 0 aliphatic heterocycles. The summed E-state index contributed by atoms with van der Waals surface area (Å²) in [6, 6.07) is 0. The third-order valence-electron chi connectivity index (χ3n) is 0. The van der Waals surface area contributed by atoms with Gasteiger partial charge in [-0.05, 0) is 0 Å². The van der Waals surface area contributed by atoms with Crippen molar-refractivity contribution in [3.05, 3.63) is 0 Å². The van der Waals surface area contributed by atoms with Crippen LogP contribution in [0.2, 0.25) is 58.9 Å². The molecule has 4 heteroatoms. The molecule has 0 bridgehead atoms. The monoisotopic (exact) mass is 293 g/mol. The predicted octanol–water partition coefficient (Wildman–Crippen LogP) is 3.73. The molecule has 0 amide bonds. The quantitative estimate of drug-likeness (QED) is 0.597. The predicted molar refractivity (Wildman–Crippen MR) is 75.8 cm³/mol. The van der Waals surface area contributed by atoms with Gasteiger partial charge in [0.1, 0.15) is 0 Å². The van der Waals surface area contributed by atoms with Crippen LogP contribution in [0.3, 0.4) is 0 Å². The van der Waals surface area contributed by atoms with Crippen molar-refractivity contribution in [3.63, 3.8) is 0 Å². The fourth-order valence-corrected chi connectivity index (χ4v) is 0. The fourth-order valence-electron chi connectivity index (χ4n) is 0. The minimum absolute atomic E-state index is 0. The molecule has 7 radical (unpaired) electrons. The minimum atomic E-state index is 0. The second-order valence-corrected chi connectivity index (χ2v) is 13.5. The van der Waals surface area contributed by atoms with Crippen LogP contribution >= 0.6 is 0 Å². The van der Waals surface area contributed by atoms with E-state index in [0.717, 1.165) is 0 Å². The van der Waals surface area contributed by atoms with Gasteiger partial charge in [-0.3, -0.25) is 0 Å². The topological polar surface area (TPSA) is 0 Å². The first-order chi connectivity index (χ1) is 5.20. The molecule has 0 aromatic carbocycles. The van der Waals surface area contributed by atoms with Gasteiger partial charge in [0.05, 0.1) is 0 Å². The summed E-state index contributed by atoms with van der Waals surface area (Å²) in [4.78, 5) is 0. The van der Waals surface area contributed by atoms with Gasteiger partial charge in [0, 0.05) is 44.0 Å². The summed E-state index contributed by atoms with van der Waals surface area (Å²) < 4.78 is 0. The molecule has 79 valence electrons. The van der Waals surface area contributed by atoms with Gasteiger partial charge in [-0.15, -0.1) is 0 Å². The molecule has 0 aliphatic carbocycles. The molecule has 0 saturated heterocycles. The van der Waals surface area contributed by atoms with Crippen LogP contribution in [0.25, 0.3) is 0 Å². The van der Waals surface area contributed by atoms with Crippen molar-refractivity contribution in [2.75, 3.05) is 0 Å². The molecule has 0 N–H and O–H groups in total. The van der Waals surface area contributed by atoms with Gasteiger partial charge in [-0.1, -0.05) is 58.9 Å². The van der Waals surface area contributed by atoms with Crippen molar-refractivity contribution >= 4 is 44.0 Å². The maximum atomic E-state index is 2.27. The SMILES string of the molecule is C[Si](C)C.C[Si](C)C.C[Si](C)C.[Ge]. The van der Waals surface area contributed by atoms with Crippen LogP contribution in [0.1, 0.15) is 0 Å². The summed E-state index contributed by atoms with van der Waals surface area (Å²) in [6.45, 7) is 20.4. The second-order valence-electron chi connectivity index (χ2n) is 4.50. The molecule has 0 nitrogen and oxygen atoms in total. The van der Waals surface area contributed by atoms with Crippen molar-refractivity contribution in [1.29, 1.82) is 0 Å². The Hall–Kier alpha value is 1.19. The Morgan fingerprint density at radius 2 is 0.385 bits per heavy atom. The van der Waals surface area contributed by atoms with Gasteiger partial charge in [-0.2, -0.15) is 0 Å². The first-order valence-electron chi connectivity index (χ1n) is 4.50. The van der Waals surface area contributed by atoms with Gasteiger partial charge in [0.2, 0.25) is 0 Å². The molecule has 13 heavy (non-hydrogen) atoms. The average molecular weight is 292 g/mol. The molecular formula is C9H27GeSi3. The third-order valence-corrected chi connectivity index (χ3v) is 0. The Labute approximate surface area is 103 Å². The summed E-state index contributed by atoms with van der Waals surface area (Å²) in [5.41, 5.74) is 0. The Morgan fingerprint density at radius 1 is 0.385 bits per heavy atom. The molecule has 0 spiro atoms. The smallest absolute Gasteiger partial charge is 0.0379 e. The zero-order chi connectivity index (χ0) is 10.7. The molecule has 0 aromatic rings. The molecule has 0 atom stereocenters. The van der Waals surface area contributed by atoms with Gasteiger partial charge < -0.3 is 0 Å². The second kappa shape index (κ2) is 18.9. The summed E-state index contributed by atoms with van der Waals surface area (Å²) in [5.74, 6) is 0. The average Bonchev–Trinajstić information content (AvgIpc) is 1.54. The summed E-state index contributed by atoms with van der Waals surface area (Å²) in [6.07, 6.45) is 0. The van der Waals surface area contributed by atoms with Crippen molar-refractivity contribution in [3.8, 4) is 0 Å². The zero-order valence-corrected chi connectivity index (χ0v) is 16.1. The standard InChI is InChI=1S/3C3H9Si.Ge/c3*1-4(2)3;/h3*1-3H3;. The molecule has 0 aromatic heterocycles. The van der Waals surface area contributed by atoms with Gasteiger partial charge >= 0.3 is 0 Å². The van der Waals surface area contributed by atoms with E-state index < -0.39 is 0 Å². The van der Waals surface area contributed by atoms with E-state index in [2.05, 4.69) is 58.9 Å². The Morgan fingerprint density at radius 3 is 0.385 bits per heavy atom. The first kappa shape index (κ1) is 23.8. The number of hydrogen-bond donors (Lipinski definition) is 0. The Kier molecular flexibility index (Phi) is 34.5. The van der Waals surface area contributed by atoms with E-state index in [4.69, 9.17) is 0 Å². The molecule has 0 saturated carbocycles. The van der Waals surface area contributed by atoms with Gasteiger partial charge in [0.15, 0.2) is 0 Å². The van der Waals surface area contributed by atoms with Crippen molar-refractivity contribution in [1.82, 2.24) is 0 Å². The first-order valence-corrected chi connectivity index (χ1v) is 13.5. The van der Waals surface area contributed by atoms with E-state index in [9.17, 15) is 0 Å². The number of rotatable bonds is 0. The van der Waals surface area contributed by atoms with E-state index in [0.29, 0.717) is 0 Å². The Bertz CT molecular complexity index is 43.4. The Balaban J connectivity index is -0.0000000450. The summed E-state index contributed by atoms with van der Waals surface area (Å²) >= 11 is 0. The molecular weight excluding hydrogens is 265 g/mol. The van der Waals surface area contributed by atoms with Crippen molar-refractivity contribution < 1.29 is 0 Å². The third kappa shape index (κ3) is 1160. The summed E-state index contributed by atoms with van der Waals surface area (Å²) in [5, 5.41) is 0. The van der Waals surface area contributed by atoms with Crippen LogP contribution in [0.4, 0.5) is 0 Å². The van der Waals surface area contributed by atoms with E-state index in [1.54, 1.807) is 0 Å². The van der Waals surface area contributed by atoms with Crippen LogP contribution in [-0.4, -0.2) is 44.0 Å². The van der Waals surface area contributed by atoms with Crippen LogP contribution in [0.5, 0.6) is 0 Å². The van der Waals surface area contributed by atoms with Crippen LogP contribution in [-0.2, 0) is 0 Å².